The fraction of sp³-hybridized carbons (Fsp3) is 0.150. The quantitative estimate of drug-likeness (QED) is 0.579. The molecule has 0 aliphatic heterocycles. The summed E-state index contributed by atoms with van der Waals surface area (Å²) in [6, 6.07) is 19.2. The molecule has 0 amide bonds. The number of ether oxygens (including phenoxy) is 1. The molecule has 0 unspecified atom stereocenters. The smallest absolute Gasteiger partial charge is 0.174 e. The van der Waals surface area contributed by atoms with Crippen LogP contribution < -0.4 is 10.1 Å². The molecule has 3 rings (SSSR count). The third-order valence-corrected chi connectivity index (χ3v) is 4.45. The molecule has 1 N–H and O–H groups in total. The minimum absolute atomic E-state index is 0.567. The van der Waals surface area contributed by atoms with Crippen molar-refractivity contribution in [1.82, 2.24) is 4.90 Å². The fourth-order valence-electron chi connectivity index (χ4n) is 2.48. The molecular weight excluding hydrogens is 368 g/mol. The first-order chi connectivity index (χ1) is 12.6. The predicted molar refractivity (Wildman–Crippen MR) is 109 cm³/mol. The predicted octanol–water partition coefficient (Wildman–Crippen LogP) is 5.34. The van der Waals surface area contributed by atoms with Crippen molar-refractivity contribution in [2.45, 2.75) is 13.1 Å². The molecule has 0 aliphatic rings. The van der Waals surface area contributed by atoms with Gasteiger partial charge in [0.2, 0.25) is 0 Å². The van der Waals surface area contributed by atoms with Crippen LogP contribution >= 0.6 is 23.8 Å². The summed E-state index contributed by atoms with van der Waals surface area (Å²) in [4.78, 5) is 2.04. The van der Waals surface area contributed by atoms with Crippen molar-refractivity contribution in [2.75, 3.05) is 12.4 Å². The number of hydrogen-bond acceptors (Lipinski definition) is 3. The second-order valence-electron chi connectivity index (χ2n) is 5.72. The van der Waals surface area contributed by atoms with Crippen molar-refractivity contribution < 1.29 is 9.15 Å². The van der Waals surface area contributed by atoms with Crippen LogP contribution in [0.4, 0.5) is 5.69 Å². The lowest BCUT2D eigenvalue weighted by atomic mass is 10.2. The lowest BCUT2D eigenvalue weighted by Crippen LogP contribution is -2.33. The molecule has 0 saturated carbocycles. The van der Waals surface area contributed by atoms with Gasteiger partial charge in [-0.3, -0.25) is 0 Å². The number of benzene rings is 2. The molecule has 0 atom stereocenters. The molecule has 134 valence electrons. The highest BCUT2D eigenvalue weighted by molar-refractivity contribution is 7.80. The molecule has 0 aliphatic carbocycles. The Kier molecular flexibility index (Phi) is 6.15. The van der Waals surface area contributed by atoms with E-state index in [1.165, 1.54) is 0 Å². The Morgan fingerprint density at radius 3 is 2.42 bits per heavy atom. The van der Waals surface area contributed by atoms with Crippen LogP contribution in [0.1, 0.15) is 11.3 Å². The van der Waals surface area contributed by atoms with Crippen molar-refractivity contribution in [3.63, 3.8) is 0 Å². The van der Waals surface area contributed by atoms with E-state index in [1.807, 2.05) is 65.6 Å². The van der Waals surface area contributed by atoms with Crippen molar-refractivity contribution in [2.24, 2.45) is 0 Å². The Hall–Kier alpha value is -2.50. The summed E-state index contributed by atoms with van der Waals surface area (Å²) in [6.45, 7) is 1.21. The van der Waals surface area contributed by atoms with Gasteiger partial charge in [-0.2, -0.15) is 0 Å². The van der Waals surface area contributed by atoms with Crippen LogP contribution in [0.3, 0.4) is 0 Å². The minimum atomic E-state index is 0.567. The van der Waals surface area contributed by atoms with E-state index in [2.05, 4.69) is 5.32 Å². The standard InChI is InChI=1S/C20H19ClN2O2S/c1-24-18-10-8-17(9-11-18)22-20(26)23(14-19-3-2-12-25-19)13-15-4-6-16(21)7-5-15/h2-12H,13-14H2,1H3,(H,22,26). The summed E-state index contributed by atoms with van der Waals surface area (Å²) < 4.78 is 10.7. The normalized spacial score (nSPS) is 10.4. The van der Waals surface area contributed by atoms with Crippen molar-refractivity contribution in [3.8, 4) is 5.75 Å². The van der Waals surface area contributed by atoms with Gasteiger partial charge in [-0.1, -0.05) is 23.7 Å². The first-order valence-corrected chi connectivity index (χ1v) is 8.89. The largest absolute Gasteiger partial charge is 0.497 e. The second-order valence-corrected chi connectivity index (χ2v) is 6.54. The molecule has 1 aromatic heterocycles. The second kappa shape index (κ2) is 8.74. The maximum absolute atomic E-state index is 5.98. The number of rotatable bonds is 6. The molecule has 0 bridgehead atoms. The van der Waals surface area contributed by atoms with Gasteiger partial charge in [0, 0.05) is 17.3 Å². The first kappa shape index (κ1) is 18.3. The van der Waals surface area contributed by atoms with Crippen molar-refractivity contribution >= 4 is 34.6 Å². The molecule has 26 heavy (non-hydrogen) atoms. The SMILES string of the molecule is COc1ccc(NC(=S)N(Cc2ccc(Cl)cc2)Cc2ccco2)cc1. The van der Waals surface area contributed by atoms with E-state index in [0.717, 1.165) is 22.8 Å². The van der Waals surface area contributed by atoms with Crippen LogP contribution in [0.5, 0.6) is 5.75 Å². The number of methoxy groups -OCH3 is 1. The minimum Gasteiger partial charge on any atom is -0.497 e. The highest BCUT2D eigenvalue weighted by atomic mass is 35.5. The van der Waals surface area contributed by atoms with Gasteiger partial charge < -0.3 is 19.4 Å². The maximum Gasteiger partial charge on any atom is 0.174 e. The summed E-state index contributed by atoms with van der Waals surface area (Å²) in [6.07, 6.45) is 1.66. The summed E-state index contributed by atoms with van der Waals surface area (Å²) in [7, 11) is 1.64. The molecule has 1 heterocycles. The van der Waals surface area contributed by atoms with Gasteiger partial charge in [-0.05, 0) is 66.3 Å². The first-order valence-electron chi connectivity index (χ1n) is 8.11. The molecule has 0 spiro atoms. The number of nitrogens with one attached hydrogen (secondary N) is 1. The number of anilines is 1. The van der Waals surface area contributed by atoms with E-state index in [0.29, 0.717) is 23.2 Å². The molecule has 4 nitrogen and oxygen atoms in total. The third-order valence-electron chi connectivity index (χ3n) is 3.84. The maximum atomic E-state index is 5.98. The van der Waals surface area contributed by atoms with Gasteiger partial charge in [0.25, 0.3) is 0 Å². The van der Waals surface area contributed by atoms with Crippen molar-refractivity contribution in [1.29, 1.82) is 0 Å². The average molecular weight is 387 g/mol. The van der Waals surface area contributed by atoms with E-state index in [4.69, 9.17) is 33.0 Å². The Morgan fingerprint density at radius 2 is 1.81 bits per heavy atom. The summed E-state index contributed by atoms with van der Waals surface area (Å²) in [5, 5.41) is 4.60. The Morgan fingerprint density at radius 1 is 1.08 bits per heavy atom. The zero-order valence-electron chi connectivity index (χ0n) is 14.3. The van der Waals surface area contributed by atoms with Gasteiger partial charge in [0.1, 0.15) is 11.5 Å². The molecule has 6 heteroatoms. The van der Waals surface area contributed by atoms with Crippen LogP contribution in [0.15, 0.2) is 71.3 Å². The molecule has 0 fully saturated rings. The molecule has 0 saturated heterocycles. The van der Waals surface area contributed by atoms with Crippen molar-refractivity contribution in [3.05, 3.63) is 83.3 Å². The lowest BCUT2D eigenvalue weighted by Gasteiger charge is -2.25. The van der Waals surface area contributed by atoms with Crippen LogP contribution in [-0.4, -0.2) is 17.1 Å². The third kappa shape index (κ3) is 5.00. The number of halogens is 1. The topological polar surface area (TPSA) is 37.6 Å². The van der Waals surface area contributed by atoms with Gasteiger partial charge in [0.05, 0.1) is 19.9 Å². The number of nitrogens with zero attached hydrogens (tertiary/aromatic N) is 1. The number of hydrogen-bond donors (Lipinski definition) is 1. The highest BCUT2D eigenvalue weighted by Crippen LogP contribution is 2.18. The van der Waals surface area contributed by atoms with Crippen LogP contribution in [0.25, 0.3) is 0 Å². The van der Waals surface area contributed by atoms with Gasteiger partial charge in [-0.25, -0.2) is 0 Å². The summed E-state index contributed by atoms with van der Waals surface area (Å²) >= 11 is 11.6. The lowest BCUT2D eigenvalue weighted by molar-refractivity contribution is 0.360. The van der Waals surface area contributed by atoms with E-state index in [-0.39, 0.29) is 0 Å². The van der Waals surface area contributed by atoms with Gasteiger partial charge in [-0.15, -0.1) is 0 Å². The zero-order chi connectivity index (χ0) is 18.4. The molecule has 0 radical (unpaired) electrons. The Labute approximate surface area is 163 Å². The summed E-state index contributed by atoms with van der Waals surface area (Å²) in [5.41, 5.74) is 2.01. The average Bonchev–Trinajstić information content (AvgIpc) is 3.17. The van der Waals surface area contributed by atoms with E-state index in [1.54, 1.807) is 13.4 Å². The highest BCUT2D eigenvalue weighted by Gasteiger charge is 2.13. The molecule has 2 aromatic carbocycles. The molecular formula is C20H19ClN2O2S. The van der Waals surface area contributed by atoms with E-state index in [9.17, 15) is 0 Å². The van der Waals surface area contributed by atoms with Crippen LogP contribution in [0.2, 0.25) is 5.02 Å². The van der Waals surface area contributed by atoms with Gasteiger partial charge in [0.15, 0.2) is 5.11 Å². The number of furan rings is 1. The summed E-state index contributed by atoms with van der Waals surface area (Å²) in [5.74, 6) is 1.65. The van der Waals surface area contributed by atoms with Crippen LogP contribution in [0, 0.1) is 0 Å². The molecule has 3 aromatic rings. The van der Waals surface area contributed by atoms with E-state index < -0.39 is 0 Å². The van der Waals surface area contributed by atoms with Crippen LogP contribution in [-0.2, 0) is 13.1 Å². The Balaban J connectivity index is 1.74. The van der Waals surface area contributed by atoms with E-state index >= 15 is 0 Å². The monoisotopic (exact) mass is 386 g/mol. The fourth-order valence-corrected chi connectivity index (χ4v) is 2.85. The Bertz CT molecular complexity index is 833. The van der Waals surface area contributed by atoms with Gasteiger partial charge >= 0.3 is 0 Å². The zero-order valence-corrected chi connectivity index (χ0v) is 15.9. The number of thiocarbonyl (C=S) groups is 1.